The van der Waals surface area contributed by atoms with E-state index in [1.54, 1.807) is 22.9 Å². The fourth-order valence-corrected chi connectivity index (χ4v) is 2.66. The summed E-state index contributed by atoms with van der Waals surface area (Å²) in [4.78, 5) is 14.6. The van der Waals surface area contributed by atoms with Crippen LogP contribution in [0.3, 0.4) is 0 Å². The van der Waals surface area contributed by atoms with Crippen LogP contribution in [0.5, 0.6) is 0 Å². The lowest BCUT2D eigenvalue weighted by Gasteiger charge is -2.27. The van der Waals surface area contributed by atoms with Gasteiger partial charge < -0.3 is 25.0 Å². The molecule has 1 aliphatic rings. The predicted octanol–water partition coefficient (Wildman–Crippen LogP) is 0.698. The SMILES string of the molecule is CCn1ncc(NC(=S)NCCCOC)c1C(=O)N1CCOCC1. The first-order valence-corrected chi connectivity index (χ1v) is 8.54. The first kappa shape index (κ1) is 18.6. The van der Waals surface area contributed by atoms with Crippen molar-refractivity contribution in [3.63, 3.8) is 0 Å². The third-order valence-corrected chi connectivity index (χ3v) is 3.95. The number of hydrogen-bond acceptors (Lipinski definition) is 5. The van der Waals surface area contributed by atoms with Gasteiger partial charge in [-0.25, -0.2) is 0 Å². The largest absolute Gasteiger partial charge is 0.385 e. The van der Waals surface area contributed by atoms with Crippen molar-refractivity contribution in [1.29, 1.82) is 0 Å². The van der Waals surface area contributed by atoms with Gasteiger partial charge in [0.2, 0.25) is 0 Å². The van der Waals surface area contributed by atoms with Crippen molar-refractivity contribution in [2.75, 3.05) is 51.9 Å². The number of thiocarbonyl (C=S) groups is 1. The highest BCUT2D eigenvalue weighted by Crippen LogP contribution is 2.18. The molecule has 2 rings (SSSR count). The van der Waals surface area contributed by atoms with Gasteiger partial charge in [0.1, 0.15) is 5.69 Å². The minimum atomic E-state index is -0.0534. The van der Waals surface area contributed by atoms with E-state index in [4.69, 9.17) is 21.7 Å². The fourth-order valence-electron chi connectivity index (χ4n) is 2.44. The number of methoxy groups -OCH3 is 1. The van der Waals surface area contributed by atoms with Gasteiger partial charge in [-0.1, -0.05) is 0 Å². The molecule has 2 N–H and O–H groups in total. The number of ether oxygens (including phenoxy) is 2. The molecule has 1 saturated heterocycles. The van der Waals surface area contributed by atoms with E-state index in [2.05, 4.69) is 15.7 Å². The molecular weight excluding hydrogens is 330 g/mol. The molecule has 1 amide bonds. The summed E-state index contributed by atoms with van der Waals surface area (Å²) in [5.74, 6) is -0.0534. The van der Waals surface area contributed by atoms with Gasteiger partial charge >= 0.3 is 0 Å². The van der Waals surface area contributed by atoms with Crippen molar-refractivity contribution in [2.24, 2.45) is 0 Å². The van der Waals surface area contributed by atoms with Crippen LogP contribution >= 0.6 is 12.2 Å². The van der Waals surface area contributed by atoms with E-state index in [1.165, 1.54) is 0 Å². The number of anilines is 1. The number of carbonyl (C=O) groups is 1. The quantitative estimate of drug-likeness (QED) is 0.550. The number of rotatable bonds is 7. The monoisotopic (exact) mass is 355 g/mol. The maximum absolute atomic E-state index is 12.8. The number of aryl methyl sites for hydroxylation is 1. The lowest BCUT2D eigenvalue weighted by Crippen LogP contribution is -2.42. The second kappa shape index (κ2) is 9.55. The molecule has 2 heterocycles. The van der Waals surface area contributed by atoms with Crippen LogP contribution in [0.2, 0.25) is 0 Å². The number of hydrogen-bond donors (Lipinski definition) is 2. The Morgan fingerprint density at radius 1 is 1.46 bits per heavy atom. The van der Waals surface area contributed by atoms with Crippen LogP contribution < -0.4 is 10.6 Å². The lowest BCUT2D eigenvalue weighted by atomic mass is 10.3. The Morgan fingerprint density at radius 2 is 2.21 bits per heavy atom. The first-order valence-electron chi connectivity index (χ1n) is 8.14. The highest BCUT2D eigenvalue weighted by Gasteiger charge is 2.25. The molecule has 1 aromatic heterocycles. The molecule has 0 aromatic carbocycles. The molecule has 1 aromatic rings. The summed E-state index contributed by atoms with van der Waals surface area (Å²) < 4.78 is 12.0. The molecule has 0 spiro atoms. The Hall–Kier alpha value is -1.71. The molecule has 0 aliphatic carbocycles. The number of nitrogens with zero attached hydrogens (tertiary/aromatic N) is 3. The van der Waals surface area contributed by atoms with Crippen LogP contribution in [0, 0.1) is 0 Å². The summed E-state index contributed by atoms with van der Waals surface area (Å²) in [6.45, 7) is 6.25. The smallest absolute Gasteiger partial charge is 0.274 e. The molecule has 0 radical (unpaired) electrons. The molecular formula is C15H25N5O3S. The van der Waals surface area contributed by atoms with E-state index in [1.807, 2.05) is 6.92 Å². The maximum Gasteiger partial charge on any atom is 0.274 e. The molecule has 0 unspecified atom stereocenters. The van der Waals surface area contributed by atoms with E-state index in [9.17, 15) is 4.79 Å². The Morgan fingerprint density at radius 3 is 2.88 bits per heavy atom. The van der Waals surface area contributed by atoms with Gasteiger partial charge in [0.05, 0.1) is 25.1 Å². The van der Waals surface area contributed by atoms with Gasteiger partial charge in [-0.15, -0.1) is 0 Å². The van der Waals surface area contributed by atoms with Gasteiger partial charge in [-0.3, -0.25) is 9.48 Å². The topological polar surface area (TPSA) is 80.7 Å². The summed E-state index contributed by atoms with van der Waals surface area (Å²) in [5.41, 5.74) is 1.15. The Kier molecular flexibility index (Phi) is 7.41. The van der Waals surface area contributed by atoms with Crippen molar-refractivity contribution in [2.45, 2.75) is 19.9 Å². The minimum Gasteiger partial charge on any atom is -0.385 e. The van der Waals surface area contributed by atoms with Crippen LogP contribution in [-0.2, 0) is 16.0 Å². The Bertz CT molecular complexity index is 557. The maximum atomic E-state index is 12.8. The van der Waals surface area contributed by atoms with Crippen LogP contribution in [0.1, 0.15) is 23.8 Å². The van der Waals surface area contributed by atoms with E-state index in [-0.39, 0.29) is 5.91 Å². The zero-order valence-electron chi connectivity index (χ0n) is 14.2. The second-order valence-electron chi connectivity index (χ2n) is 5.35. The van der Waals surface area contributed by atoms with E-state index in [0.717, 1.165) is 6.42 Å². The minimum absolute atomic E-state index is 0.0534. The molecule has 1 fully saturated rings. The van der Waals surface area contributed by atoms with Crippen LogP contribution in [0.25, 0.3) is 0 Å². The summed E-state index contributed by atoms with van der Waals surface area (Å²) >= 11 is 5.29. The molecule has 0 bridgehead atoms. The average Bonchev–Trinajstić information content (AvgIpc) is 3.01. The molecule has 8 nitrogen and oxygen atoms in total. The zero-order valence-corrected chi connectivity index (χ0v) is 15.0. The summed E-state index contributed by atoms with van der Waals surface area (Å²) in [7, 11) is 1.67. The Balaban J connectivity index is 2.03. The number of amides is 1. The van der Waals surface area contributed by atoms with Crippen molar-refractivity contribution in [3.8, 4) is 0 Å². The van der Waals surface area contributed by atoms with Crippen molar-refractivity contribution >= 4 is 28.9 Å². The van der Waals surface area contributed by atoms with Crippen LogP contribution in [0.15, 0.2) is 6.20 Å². The fraction of sp³-hybridized carbons (Fsp3) is 0.667. The van der Waals surface area contributed by atoms with Crippen molar-refractivity contribution in [1.82, 2.24) is 20.0 Å². The second-order valence-corrected chi connectivity index (χ2v) is 5.76. The first-order chi connectivity index (χ1) is 11.7. The molecule has 9 heteroatoms. The van der Waals surface area contributed by atoms with Crippen LogP contribution in [-0.4, -0.2) is 72.3 Å². The molecule has 0 saturated carbocycles. The summed E-state index contributed by atoms with van der Waals surface area (Å²) in [5, 5.41) is 10.9. The standard InChI is InChI=1S/C15H25N5O3S/c1-3-20-13(14(21)19-6-9-23-10-7-19)12(11-17-20)18-15(24)16-5-4-8-22-2/h11H,3-10H2,1-2H3,(H2,16,18,24). The van der Waals surface area contributed by atoms with E-state index in [0.29, 0.717) is 62.5 Å². The lowest BCUT2D eigenvalue weighted by molar-refractivity contribution is 0.0295. The highest BCUT2D eigenvalue weighted by molar-refractivity contribution is 7.80. The molecule has 134 valence electrons. The highest BCUT2D eigenvalue weighted by atomic mass is 32.1. The number of nitrogens with one attached hydrogen (secondary N) is 2. The predicted molar refractivity (Wildman–Crippen MR) is 95.3 cm³/mol. The molecule has 24 heavy (non-hydrogen) atoms. The Labute approximate surface area is 147 Å². The number of morpholine rings is 1. The van der Waals surface area contributed by atoms with Crippen molar-refractivity contribution < 1.29 is 14.3 Å². The average molecular weight is 355 g/mol. The summed E-state index contributed by atoms with van der Waals surface area (Å²) in [6, 6.07) is 0. The molecule has 1 aliphatic heterocycles. The summed E-state index contributed by atoms with van der Waals surface area (Å²) in [6.07, 6.45) is 2.49. The van der Waals surface area contributed by atoms with E-state index < -0.39 is 0 Å². The third-order valence-electron chi connectivity index (χ3n) is 3.70. The van der Waals surface area contributed by atoms with Gasteiger partial charge in [-0.05, 0) is 25.6 Å². The number of aromatic nitrogens is 2. The number of carbonyl (C=O) groups excluding carboxylic acids is 1. The third kappa shape index (κ3) is 4.89. The molecule has 0 atom stereocenters. The van der Waals surface area contributed by atoms with Gasteiger partial charge in [-0.2, -0.15) is 5.10 Å². The zero-order chi connectivity index (χ0) is 17.4. The van der Waals surface area contributed by atoms with E-state index >= 15 is 0 Å². The van der Waals surface area contributed by atoms with Gasteiger partial charge in [0.15, 0.2) is 5.11 Å². The normalized spacial score (nSPS) is 14.5. The van der Waals surface area contributed by atoms with Crippen LogP contribution in [0.4, 0.5) is 5.69 Å². The van der Waals surface area contributed by atoms with Gasteiger partial charge in [0.25, 0.3) is 5.91 Å². The van der Waals surface area contributed by atoms with Gasteiger partial charge in [0, 0.05) is 39.9 Å². The van der Waals surface area contributed by atoms with Crippen molar-refractivity contribution in [3.05, 3.63) is 11.9 Å².